The summed E-state index contributed by atoms with van der Waals surface area (Å²) in [6, 6.07) is 31.9. The average Bonchev–Trinajstić information content (AvgIpc) is 3.38. The molecule has 5 rings (SSSR count). The second kappa shape index (κ2) is 12.6. The first-order chi connectivity index (χ1) is 19.8. The van der Waals surface area contributed by atoms with Gasteiger partial charge in [0.25, 0.3) is 10.0 Å². The zero-order valence-corrected chi connectivity index (χ0v) is 24.4. The predicted molar refractivity (Wildman–Crippen MR) is 163 cm³/mol. The molecule has 41 heavy (non-hydrogen) atoms. The number of aryl methyl sites for hydroxylation is 1. The number of amides is 1. The average molecular weight is 604 g/mol. The fraction of sp³-hybridized carbons (Fsp3) is 0.100. The second-order valence-corrected chi connectivity index (χ2v) is 12.3. The van der Waals surface area contributed by atoms with Gasteiger partial charge in [-0.15, -0.1) is 10.2 Å². The summed E-state index contributed by atoms with van der Waals surface area (Å²) >= 11 is 7.23. The molecule has 0 saturated heterocycles. The summed E-state index contributed by atoms with van der Waals surface area (Å²) in [5.74, 6) is 0.212. The first-order valence-electron chi connectivity index (χ1n) is 12.6. The number of halogens is 1. The van der Waals surface area contributed by atoms with Gasteiger partial charge in [0.1, 0.15) is 0 Å². The molecule has 0 fully saturated rings. The summed E-state index contributed by atoms with van der Waals surface area (Å²) in [6.45, 7) is 1.82. The van der Waals surface area contributed by atoms with Crippen molar-refractivity contribution in [3.63, 3.8) is 0 Å². The lowest BCUT2D eigenvalue weighted by molar-refractivity contribution is -0.113. The van der Waals surface area contributed by atoms with Crippen molar-refractivity contribution in [1.82, 2.24) is 14.8 Å². The standard InChI is InChI=1S/C30H26ClN5O3S2/c1-22-15-17-27(18-16-22)41(38,39)35(25-11-4-2-5-12-25)20-28-33-34-30(36(28)26-13-6-3-7-14-26)40-21-29(37)32-24-10-8-9-23(31)19-24/h2-19H,20-21H2,1H3,(H,32,37). The minimum Gasteiger partial charge on any atom is -0.325 e. The molecule has 0 radical (unpaired) electrons. The van der Waals surface area contributed by atoms with Crippen LogP contribution in [-0.2, 0) is 21.4 Å². The van der Waals surface area contributed by atoms with E-state index in [0.29, 0.717) is 27.4 Å². The van der Waals surface area contributed by atoms with Crippen LogP contribution in [0.4, 0.5) is 11.4 Å². The van der Waals surface area contributed by atoms with Crippen LogP contribution in [0.15, 0.2) is 119 Å². The van der Waals surface area contributed by atoms with Crippen LogP contribution < -0.4 is 9.62 Å². The minimum absolute atomic E-state index is 0.0571. The van der Waals surface area contributed by atoms with Crippen molar-refractivity contribution in [2.45, 2.75) is 23.5 Å². The maximum atomic E-state index is 13.9. The maximum Gasteiger partial charge on any atom is 0.264 e. The topological polar surface area (TPSA) is 97.2 Å². The molecule has 1 aromatic heterocycles. The molecule has 0 aliphatic carbocycles. The summed E-state index contributed by atoms with van der Waals surface area (Å²) in [7, 11) is -3.95. The number of para-hydroxylation sites is 2. The Bertz CT molecular complexity index is 1750. The van der Waals surface area contributed by atoms with E-state index in [4.69, 9.17) is 11.6 Å². The lowest BCUT2D eigenvalue weighted by Crippen LogP contribution is -2.31. The lowest BCUT2D eigenvalue weighted by Gasteiger charge is -2.24. The molecule has 1 N–H and O–H groups in total. The number of thioether (sulfide) groups is 1. The molecule has 0 aliphatic rings. The summed E-state index contributed by atoms with van der Waals surface area (Å²) in [6.07, 6.45) is 0. The van der Waals surface area contributed by atoms with Crippen molar-refractivity contribution in [1.29, 1.82) is 0 Å². The molecular weight excluding hydrogens is 578 g/mol. The van der Waals surface area contributed by atoms with E-state index in [1.54, 1.807) is 77.4 Å². The van der Waals surface area contributed by atoms with Gasteiger partial charge in [-0.3, -0.25) is 13.7 Å². The molecule has 0 aliphatic heterocycles. The monoisotopic (exact) mass is 603 g/mol. The number of aromatic nitrogens is 3. The molecule has 1 amide bonds. The van der Waals surface area contributed by atoms with Crippen LogP contribution in [0.1, 0.15) is 11.4 Å². The highest BCUT2D eigenvalue weighted by atomic mass is 35.5. The minimum atomic E-state index is -3.95. The zero-order chi connectivity index (χ0) is 28.8. The molecule has 0 bridgehead atoms. The number of hydrogen-bond acceptors (Lipinski definition) is 6. The van der Waals surface area contributed by atoms with E-state index in [0.717, 1.165) is 11.3 Å². The molecule has 5 aromatic rings. The van der Waals surface area contributed by atoms with Crippen molar-refractivity contribution >= 4 is 50.7 Å². The fourth-order valence-electron chi connectivity index (χ4n) is 4.10. The number of sulfonamides is 1. The lowest BCUT2D eigenvalue weighted by atomic mass is 10.2. The Morgan fingerprint density at radius 2 is 1.59 bits per heavy atom. The second-order valence-electron chi connectivity index (χ2n) is 9.08. The van der Waals surface area contributed by atoms with Gasteiger partial charge in [0.05, 0.1) is 22.9 Å². The highest BCUT2D eigenvalue weighted by molar-refractivity contribution is 7.99. The molecule has 8 nitrogen and oxygen atoms in total. The number of anilines is 2. The molecule has 4 aromatic carbocycles. The van der Waals surface area contributed by atoms with Crippen molar-refractivity contribution < 1.29 is 13.2 Å². The SMILES string of the molecule is Cc1ccc(S(=O)(=O)N(Cc2nnc(SCC(=O)Nc3cccc(Cl)c3)n2-c2ccccc2)c2ccccc2)cc1. The summed E-state index contributed by atoms with van der Waals surface area (Å²) in [5.41, 5.74) is 2.78. The number of hydrogen-bond donors (Lipinski definition) is 1. The quantitative estimate of drug-likeness (QED) is 0.187. The van der Waals surface area contributed by atoms with Gasteiger partial charge in [-0.25, -0.2) is 8.42 Å². The van der Waals surface area contributed by atoms with Crippen LogP contribution in [0.2, 0.25) is 5.02 Å². The van der Waals surface area contributed by atoms with Gasteiger partial charge in [-0.05, 0) is 61.5 Å². The molecule has 208 valence electrons. The number of benzene rings is 4. The van der Waals surface area contributed by atoms with Gasteiger partial charge in [-0.1, -0.05) is 83.5 Å². The number of carbonyl (C=O) groups is 1. The van der Waals surface area contributed by atoms with Gasteiger partial charge >= 0.3 is 0 Å². The van der Waals surface area contributed by atoms with Gasteiger partial charge < -0.3 is 5.32 Å². The summed E-state index contributed by atoms with van der Waals surface area (Å²) in [4.78, 5) is 12.9. The number of nitrogens with one attached hydrogen (secondary N) is 1. The van der Waals surface area contributed by atoms with Crippen LogP contribution in [0.5, 0.6) is 0 Å². The molecule has 11 heteroatoms. The number of carbonyl (C=O) groups excluding carboxylic acids is 1. The highest BCUT2D eigenvalue weighted by Gasteiger charge is 2.28. The third-order valence-electron chi connectivity index (χ3n) is 6.09. The van der Waals surface area contributed by atoms with Crippen LogP contribution in [0.25, 0.3) is 5.69 Å². The Hall–Kier alpha value is -4.12. The molecule has 0 atom stereocenters. The number of rotatable bonds is 10. The largest absolute Gasteiger partial charge is 0.325 e. The first kappa shape index (κ1) is 28.4. The van der Waals surface area contributed by atoms with E-state index in [2.05, 4.69) is 15.5 Å². The van der Waals surface area contributed by atoms with Gasteiger partial charge in [-0.2, -0.15) is 0 Å². The molecule has 0 spiro atoms. The van der Waals surface area contributed by atoms with Crippen molar-refractivity contribution in [3.8, 4) is 5.69 Å². The normalized spacial score (nSPS) is 11.3. The van der Waals surface area contributed by atoms with E-state index in [1.807, 2.05) is 43.3 Å². The van der Waals surface area contributed by atoms with Gasteiger partial charge in [0, 0.05) is 16.4 Å². The molecule has 1 heterocycles. The van der Waals surface area contributed by atoms with E-state index >= 15 is 0 Å². The summed E-state index contributed by atoms with van der Waals surface area (Å²) in [5, 5.41) is 12.5. The van der Waals surface area contributed by atoms with E-state index in [9.17, 15) is 13.2 Å². The van der Waals surface area contributed by atoms with Gasteiger partial charge in [0.2, 0.25) is 5.91 Å². The first-order valence-corrected chi connectivity index (χ1v) is 15.4. The van der Waals surface area contributed by atoms with E-state index < -0.39 is 10.0 Å². The van der Waals surface area contributed by atoms with Gasteiger partial charge in [0.15, 0.2) is 11.0 Å². The Morgan fingerprint density at radius 1 is 0.902 bits per heavy atom. The maximum absolute atomic E-state index is 13.9. The zero-order valence-electron chi connectivity index (χ0n) is 22.0. The van der Waals surface area contributed by atoms with E-state index in [1.165, 1.54) is 16.1 Å². The third-order valence-corrected chi connectivity index (χ3v) is 9.05. The third kappa shape index (κ3) is 6.79. The smallest absolute Gasteiger partial charge is 0.264 e. The van der Waals surface area contributed by atoms with Crippen molar-refractivity contribution in [2.24, 2.45) is 0 Å². The molecule has 0 saturated carbocycles. The van der Waals surface area contributed by atoms with Crippen LogP contribution >= 0.6 is 23.4 Å². The summed E-state index contributed by atoms with van der Waals surface area (Å²) < 4.78 is 30.9. The number of nitrogens with zero attached hydrogens (tertiary/aromatic N) is 4. The highest BCUT2D eigenvalue weighted by Crippen LogP contribution is 2.29. The van der Waals surface area contributed by atoms with Crippen LogP contribution in [0.3, 0.4) is 0 Å². The van der Waals surface area contributed by atoms with Crippen LogP contribution in [0, 0.1) is 6.92 Å². The Labute approximate surface area is 248 Å². The fourth-order valence-corrected chi connectivity index (χ4v) is 6.48. The Morgan fingerprint density at radius 3 is 2.27 bits per heavy atom. The van der Waals surface area contributed by atoms with E-state index in [-0.39, 0.29) is 23.1 Å². The Kier molecular flexibility index (Phi) is 8.72. The van der Waals surface area contributed by atoms with Crippen LogP contribution in [-0.4, -0.2) is 34.8 Å². The van der Waals surface area contributed by atoms with Crippen molar-refractivity contribution in [2.75, 3.05) is 15.4 Å². The molecule has 0 unspecified atom stereocenters. The van der Waals surface area contributed by atoms with Crippen molar-refractivity contribution in [3.05, 3.63) is 126 Å². The molecular formula is C30H26ClN5O3S2. The Balaban J connectivity index is 1.48. The predicted octanol–water partition coefficient (Wildman–Crippen LogP) is 6.36.